The number of unbranched alkanes of at least 4 members (excludes halogenated alkanes) is 5. The largest absolute Gasteiger partial charge is 0.611 e. The molecule has 172 valence electrons. The number of hydrogen-bond donors (Lipinski definition) is 1. The van der Waals surface area contributed by atoms with Crippen LogP contribution in [0.15, 0.2) is 44.4 Å². The Morgan fingerprint density at radius 3 is 2.50 bits per heavy atom. The molecule has 1 aromatic heterocycles. The number of carboxylic acid groups (broad SMARTS) is 1. The second kappa shape index (κ2) is 10.9. The first kappa shape index (κ1) is 24.1. The van der Waals surface area contributed by atoms with Gasteiger partial charge in [0, 0.05) is 6.07 Å². The first-order chi connectivity index (χ1) is 15.3. The second-order valence-corrected chi connectivity index (χ2v) is 10.2. The molecule has 0 aliphatic carbocycles. The molecule has 1 heterocycles. The summed E-state index contributed by atoms with van der Waals surface area (Å²) in [5, 5.41) is 9.50. The van der Waals surface area contributed by atoms with Gasteiger partial charge in [0.1, 0.15) is 16.6 Å². The number of carboxylic acids is 1. The molecule has 3 aromatic rings. The normalized spacial score (nSPS) is 12.5. The van der Waals surface area contributed by atoms with Crippen LogP contribution in [0.2, 0.25) is 0 Å². The lowest BCUT2D eigenvalue weighted by Crippen LogP contribution is -2.16. The third kappa shape index (κ3) is 5.45. The summed E-state index contributed by atoms with van der Waals surface area (Å²) in [5.74, 6) is -0.653. The fraction of sp³-hybridized carbons (Fsp3) is 0.440. The number of rotatable bonds is 11. The molecule has 1 atom stereocenters. The van der Waals surface area contributed by atoms with Crippen LogP contribution >= 0.6 is 0 Å². The van der Waals surface area contributed by atoms with Gasteiger partial charge in [-0.05, 0) is 55.7 Å². The van der Waals surface area contributed by atoms with Gasteiger partial charge in [0.15, 0.2) is 10.5 Å². The van der Waals surface area contributed by atoms with Crippen molar-refractivity contribution >= 4 is 39.1 Å². The Hall–Kier alpha value is -2.51. The first-order valence-electron chi connectivity index (χ1n) is 11.1. The zero-order valence-corrected chi connectivity index (χ0v) is 19.6. The topological polar surface area (TPSA) is 99.8 Å². The molecule has 1 N–H and O–H groups in total. The first-order valence-corrected chi connectivity index (χ1v) is 12.4. The predicted molar refractivity (Wildman–Crippen MR) is 127 cm³/mol. The van der Waals surface area contributed by atoms with Crippen LogP contribution in [0.1, 0.15) is 69.7 Å². The molecular formula is C25H30O6S. The van der Waals surface area contributed by atoms with Crippen molar-refractivity contribution < 1.29 is 23.6 Å². The maximum atomic E-state index is 13.2. The Morgan fingerprint density at radius 2 is 1.81 bits per heavy atom. The van der Waals surface area contributed by atoms with E-state index in [4.69, 9.17) is 9.15 Å². The Kier molecular flexibility index (Phi) is 8.21. The number of aromatic carboxylic acids is 1. The maximum absolute atomic E-state index is 13.2. The van der Waals surface area contributed by atoms with E-state index in [0.717, 1.165) is 12.8 Å². The Labute approximate surface area is 190 Å². The minimum Gasteiger partial charge on any atom is -0.611 e. The Balaban J connectivity index is 2.00. The van der Waals surface area contributed by atoms with Gasteiger partial charge < -0.3 is 18.8 Å². The average molecular weight is 459 g/mol. The van der Waals surface area contributed by atoms with Gasteiger partial charge in [0.05, 0.1) is 22.9 Å². The van der Waals surface area contributed by atoms with Crippen molar-refractivity contribution in [2.24, 2.45) is 0 Å². The average Bonchev–Trinajstić information content (AvgIpc) is 2.77. The van der Waals surface area contributed by atoms with Crippen molar-refractivity contribution in [1.82, 2.24) is 0 Å². The number of hydrogen-bond acceptors (Lipinski definition) is 5. The van der Waals surface area contributed by atoms with Gasteiger partial charge in [-0.15, -0.1) is 0 Å². The minimum atomic E-state index is -1.40. The van der Waals surface area contributed by atoms with E-state index < -0.39 is 17.1 Å². The van der Waals surface area contributed by atoms with Crippen LogP contribution in [0.3, 0.4) is 0 Å². The van der Waals surface area contributed by atoms with E-state index in [-0.39, 0.29) is 38.2 Å². The summed E-state index contributed by atoms with van der Waals surface area (Å²) in [7, 11) is 0. The SMILES string of the molecule is CCCCCCCCOc1cc([S+]([O-])C(C)C)c2oc3ccc(C(=O)O)cc3c(=O)c2c1. The van der Waals surface area contributed by atoms with Gasteiger partial charge in [-0.3, -0.25) is 4.79 Å². The number of fused-ring (bicyclic) bond motifs is 2. The van der Waals surface area contributed by atoms with Gasteiger partial charge in [0.25, 0.3) is 0 Å². The third-order valence-electron chi connectivity index (χ3n) is 5.37. The molecule has 0 bridgehead atoms. The number of benzene rings is 2. The van der Waals surface area contributed by atoms with E-state index in [0.29, 0.717) is 17.3 Å². The van der Waals surface area contributed by atoms with Crippen LogP contribution in [0, 0.1) is 0 Å². The zero-order chi connectivity index (χ0) is 23.3. The van der Waals surface area contributed by atoms with Crippen LogP contribution in [0.4, 0.5) is 0 Å². The quantitative estimate of drug-likeness (QED) is 0.218. The van der Waals surface area contributed by atoms with Crippen LogP contribution in [-0.2, 0) is 11.2 Å². The van der Waals surface area contributed by atoms with Gasteiger partial charge >= 0.3 is 5.97 Å². The molecule has 0 fully saturated rings. The summed E-state index contributed by atoms with van der Waals surface area (Å²) in [6, 6.07) is 7.45. The van der Waals surface area contributed by atoms with Crippen molar-refractivity contribution in [2.75, 3.05) is 6.61 Å². The maximum Gasteiger partial charge on any atom is 0.335 e. The zero-order valence-electron chi connectivity index (χ0n) is 18.8. The van der Waals surface area contributed by atoms with Crippen molar-refractivity contribution in [2.45, 2.75) is 69.4 Å². The fourth-order valence-corrected chi connectivity index (χ4v) is 4.67. The van der Waals surface area contributed by atoms with Crippen molar-refractivity contribution in [3.05, 3.63) is 46.1 Å². The van der Waals surface area contributed by atoms with E-state index in [1.54, 1.807) is 12.1 Å². The fourth-order valence-electron chi connectivity index (χ4n) is 3.59. The monoisotopic (exact) mass is 458 g/mol. The lowest BCUT2D eigenvalue weighted by atomic mass is 10.1. The number of carbonyl (C=O) groups is 1. The number of ether oxygens (including phenoxy) is 1. The summed E-state index contributed by atoms with van der Waals surface area (Å²) in [6.45, 7) is 6.37. The third-order valence-corrected chi connectivity index (χ3v) is 6.96. The van der Waals surface area contributed by atoms with Gasteiger partial charge in [-0.1, -0.05) is 39.0 Å². The molecule has 0 radical (unpaired) electrons. The lowest BCUT2D eigenvalue weighted by molar-refractivity contribution is 0.0697. The van der Waals surface area contributed by atoms with Gasteiger partial charge in [-0.25, -0.2) is 4.79 Å². The van der Waals surface area contributed by atoms with E-state index >= 15 is 0 Å². The smallest absolute Gasteiger partial charge is 0.335 e. The minimum absolute atomic E-state index is 0.00519. The highest BCUT2D eigenvalue weighted by Gasteiger charge is 2.24. The van der Waals surface area contributed by atoms with E-state index in [2.05, 4.69) is 6.92 Å². The Morgan fingerprint density at radius 1 is 1.09 bits per heavy atom. The summed E-state index contributed by atoms with van der Waals surface area (Å²) in [6.07, 6.45) is 6.80. The molecule has 0 amide bonds. The molecule has 32 heavy (non-hydrogen) atoms. The molecule has 0 saturated heterocycles. The van der Waals surface area contributed by atoms with Gasteiger partial charge in [0.2, 0.25) is 5.43 Å². The summed E-state index contributed by atoms with van der Waals surface area (Å²) in [4.78, 5) is 25.0. The van der Waals surface area contributed by atoms with Crippen molar-refractivity contribution in [3.63, 3.8) is 0 Å². The highest BCUT2D eigenvalue weighted by Crippen LogP contribution is 2.32. The van der Waals surface area contributed by atoms with Crippen LogP contribution < -0.4 is 10.2 Å². The van der Waals surface area contributed by atoms with Crippen LogP contribution in [0.25, 0.3) is 21.9 Å². The molecule has 0 spiro atoms. The predicted octanol–water partition coefficient (Wildman–Crippen LogP) is 5.90. The molecule has 6 nitrogen and oxygen atoms in total. The standard InChI is InChI=1S/C25H30O6S/c1-4-5-6-7-8-9-12-30-18-14-20-23(26)19-13-17(25(27)28)10-11-21(19)31-24(20)22(15-18)32(29)16(2)3/h10-11,13-16H,4-9,12H2,1-3H3,(H,27,28). The van der Waals surface area contributed by atoms with E-state index in [1.165, 1.54) is 43.9 Å². The Bertz CT molecular complexity index is 1150. The van der Waals surface area contributed by atoms with Crippen molar-refractivity contribution in [3.8, 4) is 5.75 Å². The van der Waals surface area contributed by atoms with Crippen molar-refractivity contribution in [1.29, 1.82) is 0 Å². The lowest BCUT2D eigenvalue weighted by Gasteiger charge is -2.17. The highest BCUT2D eigenvalue weighted by atomic mass is 32.2. The summed E-state index contributed by atoms with van der Waals surface area (Å²) in [5.41, 5.74) is 0.154. The molecule has 0 saturated carbocycles. The van der Waals surface area contributed by atoms with Gasteiger partial charge in [-0.2, -0.15) is 0 Å². The summed E-state index contributed by atoms with van der Waals surface area (Å²) < 4.78 is 24.9. The van der Waals surface area contributed by atoms with Crippen LogP contribution in [0.5, 0.6) is 5.75 Å². The summed E-state index contributed by atoms with van der Waals surface area (Å²) >= 11 is -1.40. The molecule has 0 aliphatic rings. The molecule has 0 aliphatic heterocycles. The highest BCUT2D eigenvalue weighted by molar-refractivity contribution is 7.92. The van der Waals surface area contributed by atoms with E-state index in [1.807, 2.05) is 13.8 Å². The molecular weight excluding hydrogens is 428 g/mol. The van der Waals surface area contributed by atoms with Crippen LogP contribution in [-0.4, -0.2) is 27.5 Å². The molecule has 1 unspecified atom stereocenters. The van der Waals surface area contributed by atoms with E-state index in [9.17, 15) is 19.2 Å². The molecule has 2 aromatic carbocycles. The second-order valence-electron chi connectivity index (χ2n) is 8.21. The molecule has 7 heteroatoms. The molecule has 3 rings (SSSR count).